The summed E-state index contributed by atoms with van der Waals surface area (Å²) in [6.07, 6.45) is 3.03. The second kappa shape index (κ2) is 5.96. The van der Waals surface area contributed by atoms with E-state index in [9.17, 15) is 0 Å². The summed E-state index contributed by atoms with van der Waals surface area (Å²) in [4.78, 5) is 4.55. The van der Waals surface area contributed by atoms with E-state index in [1.54, 1.807) is 0 Å². The maximum absolute atomic E-state index is 4.55. The van der Waals surface area contributed by atoms with Crippen LogP contribution in [-0.2, 0) is 0 Å². The van der Waals surface area contributed by atoms with Crippen LogP contribution >= 0.6 is 0 Å². The first-order chi connectivity index (χ1) is 8.74. The third kappa shape index (κ3) is 2.70. The summed E-state index contributed by atoms with van der Waals surface area (Å²) in [6.45, 7) is 7.77. The minimum atomic E-state index is 0.378. The van der Waals surface area contributed by atoms with Gasteiger partial charge in [-0.1, -0.05) is 45.0 Å². The van der Waals surface area contributed by atoms with Gasteiger partial charge in [0.1, 0.15) is 0 Å². The van der Waals surface area contributed by atoms with Crippen LogP contribution in [-0.4, -0.2) is 11.5 Å². The molecule has 2 rings (SSSR count). The molecule has 1 aromatic heterocycles. The summed E-state index contributed by atoms with van der Waals surface area (Å²) in [6, 6.07) is 11.0. The molecule has 1 heterocycles. The first-order valence-electron chi connectivity index (χ1n) is 6.81. The van der Waals surface area contributed by atoms with Gasteiger partial charge in [-0.05, 0) is 30.5 Å². The molecule has 0 radical (unpaired) electrons. The summed E-state index contributed by atoms with van der Waals surface area (Å²) >= 11 is 0. The van der Waals surface area contributed by atoms with Gasteiger partial charge in [-0.15, -0.1) is 0 Å². The Morgan fingerprint density at radius 3 is 2.67 bits per heavy atom. The summed E-state index contributed by atoms with van der Waals surface area (Å²) in [5, 5.41) is 4.86. The highest BCUT2D eigenvalue weighted by Gasteiger charge is 2.17. The molecule has 2 nitrogen and oxygen atoms in total. The van der Waals surface area contributed by atoms with E-state index in [0.29, 0.717) is 12.0 Å². The van der Waals surface area contributed by atoms with Crippen LogP contribution in [0.25, 0.3) is 10.9 Å². The van der Waals surface area contributed by atoms with Gasteiger partial charge >= 0.3 is 0 Å². The molecule has 0 amide bonds. The summed E-state index contributed by atoms with van der Waals surface area (Å²) in [7, 11) is 0. The van der Waals surface area contributed by atoms with Gasteiger partial charge < -0.3 is 5.32 Å². The van der Waals surface area contributed by atoms with Crippen molar-refractivity contribution in [1.29, 1.82) is 0 Å². The van der Waals surface area contributed by atoms with Crippen LogP contribution in [0.15, 0.2) is 36.5 Å². The van der Waals surface area contributed by atoms with Gasteiger partial charge in [0.05, 0.1) is 5.52 Å². The normalized spacial score (nSPS) is 13.1. The minimum absolute atomic E-state index is 0.378. The van der Waals surface area contributed by atoms with Gasteiger partial charge in [0.2, 0.25) is 0 Å². The summed E-state index contributed by atoms with van der Waals surface area (Å²) in [5.74, 6) is 0.559. The first kappa shape index (κ1) is 13.0. The van der Waals surface area contributed by atoms with Gasteiger partial charge in [0.25, 0.3) is 0 Å². The predicted molar refractivity (Wildman–Crippen MR) is 77.6 cm³/mol. The minimum Gasteiger partial charge on any atom is -0.310 e. The molecular weight excluding hydrogens is 220 g/mol. The van der Waals surface area contributed by atoms with Crippen molar-refractivity contribution in [1.82, 2.24) is 10.3 Å². The van der Waals surface area contributed by atoms with E-state index >= 15 is 0 Å². The Kier molecular flexibility index (Phi) is 4.32. The zero-order valence-corrected chi connectivity index (χ0v) is 11.5. The Hall–Kier alpha value is -1.41. The van der Waals surface area contributed by atoms with Gasteiger partial charge in [-0.25, -0.2) is 0 Å². The maximum Gasteiger partial charge on any atom is 0.0749 e. The van der Waals surface area contributed by atoms with E-state index in [1.807, 2.05) is 12.3 Å². The SMILES string of the molecule is CCCNC(c1cccc2cccnc12)C(C)C. The van der Waals surface area contributed by atoms with Crippen molar-refractivity contribution in [3.63, 3.8) is 0 Å². The Morgan fingerprint density at radius 1 is 1.17 bits per heavy atom. The van der Waals surface area contributed by atoms with Gasteiger partial charge in [-0.3, -0.25) is 4.98 Å². The number of hydrogen-bond acceptors (Lipinski definition) is 2. The van der Waals surface area contributed by atoms with Gasteiger partial charge in [-0.2, -0.15) is 0 Å². The fraction of sp³-hybridized carbons (Fsp3) is 0.438. The number of nitrogens with zero attached hydrogens (tertiary/aromatic N) is 1. The molecule has 1 aromatic carbocycles. The van der Waals surface area contributed by atoms with Crippen molar-refractivity contribution < 1.29 is 0 Å². The Balaban J connectivity index is 2.43. The molecule has 96 valence electrons. The largest absolute Gasteiger partial charge is 0.310 e. The molecule has 0 aliphatic heterocycles. The number of pyridine rings is 1. The zero-order valence-electron chi connectivity index (χ0n) is 11.5. The standard InChI is InChI=1S/C16H22N2/c1-4-10-17-15(12(2)3)14-9-5-7-13-8-6-11-18-16(13)14/h5-9,11-12,15,17H,4,10H2,1-3H3. The zero-order chi connectivity index (χ0) is 13.0. The Bertz CT molecular complexity index is 500. The van der Waals surface area contributed by atoms with Gasteiger partial charge in [0, 0.05) is 17.6 Å². The topological polar surface area (TPSA) is 24.9 Å². The third-order valence-electron chi connectivity index (χ3n) is 3.28. The Morgan fingerprint density at radius 2 is 1.94 bits per heavy atom. The smallest absolute Gasteiger partial charge is 0.0749 e. The second-order valence-electron chi connectivity index (χ2n) is 5.10. The number of aromatic nitrogens is 1. The second-order valence-corrected chi connectivity index (χ2v) is 5.10. The number of fused-ring (bicyclic) bond motifs is 1. The van der Waals surface area contributed by atoms with Crippen LogP contribution in [0.4, 0.5) is 0 Å². The van der Waals surface area contributed by atoms with E-state index in [0.717, 1.165) is 18.5 Å². The molecule has 1 unspecified atom stereocenters. The van der Waals surface area contributed by atoms with E-state index in [4.69, 9.17) is 0 Å². The number of hydrogen-bond donors (Lipinski definition) is 1. The first-order valence-corrected chi connectivity index (χ1v) is 6.81. The van der Waals surface area contributed by atoms with Crippen molar-refractivity contribution in [3.05, 3.63) is 42.1 Å². The molecule has 0 aliphatic carbocycles. The van der Waals surface area contributed by atoms with Crippen molar-refractivity contribution in [2.75, 3.05) is 6.54 Å². The fourth-order valence-electron chi connectivity index (χ4n) is 2.38. The molecule has 0 fully saturated rings. The van der Waals surface area contributed by atoms with Gasteiger partial charge in [0.15, 0.2) is 0 Å². The molecule has 1 N–H and O–H groups in total. The molecule has 0 aliphatic rings. The number of para-hydroxylation sites is 1. The molecule has 2 heteroatoms. The molecule has 1 atom stereocenters. The summed E-state index contributed by atoms with van der Waals surface area (Å²) in [5.41, 5.74) is 2.44. The van der Waals surface area contributed by atoms with E-state index in [1.165, 1.54) is 10.9 Å². The van der Waals surface area contributed by atoms with E-state index < -0.39 is 0 Å². The van der Waals surface area contributed by atoms with Crippen molar-refractivity contribution in [2.24, 2.45) is 5.92 Å². The number of rotatable bonds is 5. The lowest BCUT2D eigenvalue weighted by atomic mass is 9.94. The highest BCUT2D eigenvalue weighted by molar-refractivity contribution is 5.82. The Labute approximate surface area is 109 Å². The lowest BCUT2D eigenvalue weighted by Crippen LogP contribution is -2.26. The lowest BCUT2D eigenvalue weighted by Gasteiger charge is -2.23. The number of benzene rings is 1. The fourth-order valence-corrected chi connectivity index (χ4v) is 2.38. The van der Waals surface area contributed by atoms with Crippen LogP contribution < -0.4 is 5.32 Å². The van der Waals surface area contributed by atoms with E-state index in [-0.39, 0.29) is 0 Å². The van der Waals surface area contributed by atoms with Crippen LogP contribution in [0.2, 0.25) is 0 Å². The van der Waals surface area contributed by atoms with Crippen LogP contribution in [0.1, 0.15) is 38.8 Å². The van der Waals surface area contributed by atoms with Crippen molar-refractivity contribution in [3.8, 4) is 0 Å². The molecular formula is C16H22N2. The average Bonchev–Trinajstić information content (AvgIpc) is 2.39. The van der Waals surface area contributed by atoms with Crippen LogP contribution in [0, 0.1) is 5.92 Å². The van der Waals surface area contributed by atoms with Crippen LogP contribution in [0.3, 0.4) is 0 Å². The van der Waals surface area contributed by atoms with Crippen molar-refractivity contribution in [2.45, 2.75) is 33.2 Å². The molecule has 2 aromatic rings. The maximum atomic E-state index is 4.55. The third-order valence-corrected chi connectivity index (χ3v) is 3.28. The molecule has 0 bridgehead atoms. The highest BCUT2D eigenvalue weighted by atomic mass is 14.9. The molecule has 0 saturated heterocycles. The average molecular weight is 242 g/mol. The van der Waals surface area contributed by atoms with E-state index in [2.05, 4.69) is 55.3 Å². The predicted octanol–water partition coefficient (Wildman–Crippen LogP) is 3.93. The summed E-state index contributed by atoms with van der Waals surface area (Å²) < 4.78 is 0. The van der Waals surface area contributed by atoms with Crippen molar-refractivity contribution >= 4 is 10.9 Å². The molecule has 0 spiro atoms. The monoisotopic (exact) mass is 242 g/mol. The quantitative estimate of drug-likeness (QED) is 0.859. The lowest BCUT2D eigenvalue weighted by molar-refractivity contribution is 0.415. The van der Waals surface area contributed by atoms with Crippen LogP contribution in [0.5, 0.6) is 0 Å². The highest BCUT2D eigenvalue weighted by Crippen LogP contribution is 2.27. The number of nitrogens with one attached hydrogen (secondary N) is 1. The molecule has 0 saturated carbocycles. The molecule has 18 heavy (non-hydrogen) atoms.